The van der Waals surface area contributed by atoms with Gasteiger partial charge >= 0.3 is 7.60 Å². The molecule has 0 aliphatic rings. The van der Waals surface area contributed by atoms with Crippen LogP contribution in [0.1, 0.15) is 20.3 Å². The van der Waals surface area contributed by atoms with Crippen LogP contribution in [0.4, 0.5) is 0 Å². The van der Waals surface area contributed by atoms with Crippen molar-refractivity contribution in [1.29, 1.82) is 0 Å². The van der Waals surface area contributed by atoms with Gasteiger partial charge in [-0.2, -0.15) is 0 Å². The van der Waals surface area contributed by atoms with E-state index in [1.807, 2.05) is 29.5 Å². The number of benzene rings is 1. The van der Waals surface area contributed by atoms with E-state index < -0.39 is 7.60 Å². The van der Waals surface area contributed by atoms with Crippen molar-refractivity contribution in [3.8, 4) is 5.75 Å². The predicted molar refractivity (Wildman–Crippen MR) is 82.0 cm³/mol. The number of methoxy groups -OCH3 is 1. The molecule has 2 unspecified atom stereocenters. The molecule has 7 heteroatoms. The Balaban J connectivity index is 3.02. The van der Waals surface area contributed by atoms with Crippen LogP contribution in [0.3, 0.4) is 0 Å². The van der Waals surface area contributed by atoms with Gasteiger partial charge in [0, 0.05) is 7.11 Å². The minimum atomic E-state index is -3.84. The highest BCUT2D eigenvalue weighted by Gasteiger charge is 2.28. The second-order valence-electron chi connectivity index (χ2n) is 3.98. The van der Waals surface area contributed by atoms with E-state index in [0.717, 1.165) is 0 Å². The van der Waals surface area contributed by atoms with Gasteiger partial charge in [0.15, 0.2) is 6.79 Å². The van der Waals surface area contributed by atoms with Gasteiger partial charge in [0.25, 0.3) is 0 Å². The molecule has 1 aromatic rings. The van der Waals surface area contributed by atoms with E-state index in [2.05, 4.69) is 0 Å². The molecule has 5 nitrogen and oxygen atoms in total. The second kappa shape index (κ2) is 7.59. The lowest BCUT2D eigenvalue weighted by molar-refractivity contribution is 0.0505. The van der Waals surface area contributed by atoms with Crippen LogP contribution in [0.15, 0.2) is 18.2 Å². The molecule has 0 aromatic heterocycles. The predicted octanol–water partition coefficient (Wildman–Crippen LogP) is 2.90. The first-order chi connectivity index (χ1) is 8.92. The highest BCUT2D eigenvalue weighted by atomic mass is 127. The molecule has 1 aromatic carbocycles. The third kappa shape index (κ3) is 4.72. The zero-order valence-corrected chi connectivity index (χ0v) is 14.2. The standard InChI is InChI=1S/C12H18IO5P/c1-4-9(2)18-19(14,15)11-7-5-6-10(12(11)13)17-8-16-3/h5-7,9H,4,8H2,1-3H3,(H,14,15). The molecule has 0 heterocycles. The van der Waals surface area contributed by atoms with Crippen LogP contribution >= 0.6 is 30.2 Å². The molecule has 0 bridgehead atoms. The molecule has 19 heavy (non-hydrogen) atoms. The van der Waals surface area contributed by atoms with E-state index in [9.17, 15) is 9.46 Å². The first-order valence-electron chi connectivity index (χ1n) is 5.84. The van der Waals surface area contributed by atoms with Crippen LogP contribution in [-0.2, 0) is 13.8 Å². The van der Waals surface area contributed by atoms with Crippen molar-refractivity contribution in [2.45, 2.75) is 26.4 Å². The van der Waals surface area contributed by atoms with Crippen LogP contribution < -0.4 is 10.0 Å². The molecule has 1 N–H and O–H groups in total. The first-order valence-corrected chi connectivity index (χ1v) is 8.50. The highest BCUT2D eigenvalue weighted by Crippen LogP contribution is 2.45. The monoisotopic (exact) mass is 400 g/mol. The summed E-state index contributed by atoms with van der Waals surface area (Å²) in [4.78, 5) is 10.1. The summed E-state index contributed by atoms with van der Waals surface area (Å²) in [5.41, 5.74) is 0. The van der Waals surface area contributed by atoms with E-state index in [1.165, 1.54) is 7.11 Å². The maximum Gasteiger partial charge on any atom is 0.360 e. The Bertz CT molecular complexity index is 465. The fraction of sp³-hybridized carbons (Fsp3) is 0.500. The third-order valence-electron chi connectivity index (χ3n) is 2.48. The number of hydrogen-bond donors (Lipinski definition) is 1. The van der Waals surface area contributed by atoms with E-state index >= 15 is 0 Å². The van der Waals surface area contributed by atoms with Gasteiger partial charge in [-0.1, -0.05) is 13.0 Å². The van der Waals surface area contributed by atoms with Crippen molar-refractivity contribution in [2.75, 3.05) is 13.9 Å². The first kappa shape index (κ1) is 16.9. The lowest BCUT2D eigenvalue weighted by Crippen LogP contribution is -2.16. The van der Waals surface area contributed by atoms with Crippen molar-refractivity contribution in [2.24, 2.45) is 0 Å². The fourth-order valence-electron chi connectivity index (χ4n) is 1.33. The quantitative estimate of drug-likeness (QED) is 0.433. The zero-order valence-electron chi connectivity index (χ0n) is 11.1. The summed E-state index contributed by atoms with van der Waals surface area (Å²) in [5, 5.41) is 0.252. The fourth-order valence-corrected chi connectivity index (χ4v) is 4.14. The molecule has 0 radical (unpaired) electrons. The normalized spacial score (nSPS) is 15.8. The lowest BCUT2D eigenvalue weighted by atomic mass is 10.3. The van der Waals surface area contributed by atoms with Gasteiger partial charge in [-0.15, -0.1) is 0 Å². The third-order valence-corrected chi connectivity index (χ3v) is 5.64. The van der Waals surface area contributed by atoms with Gasteiger partial charge in [-0.05, 0) is 48.1 Å². The van der Waals surface area contributed by atoms with E-state index in [0.29, 0.717) is 15.7 Å². The smallest absolute Gasteiger partial charge is 0.360 e. The number of halogens is 1. The molecule has 2 atom stereocenters. The summed E-state index contributed by atoms with van der Waals surface area (Å²) in [6.45, 7) is 3.75. The Morgan fingerprint density at radius 2 is 2.16 bits per heavy atom. The summed E-state index contributed by atoms with van der Waals surface area (Å²) in [6.07, 6.45) is 0.385. The van der Waals surface area contributed by atoms with Crippen molar-refractivity contribution in [3.63, 3.8) is 0 Å². The van der Waals surface area contributed by atoms with Crippen molar-refractivity contribution in [3.05, 3.63) is 21.8 Å². The Kier molecular flexibility index (Phi) is 6.76. The number of hydrogen-bond acceptors (Lipinski definition) is 4. The molecular weight excluding hydrogens is 382 g/mol. The minimum absolute atomic E-state index is 0.0847. The van der Waals surface area contributed by atoms with Gasteiger partial charge < -0.3 is 18.9 Å². The van der Waals surface area contributed by atoms with E-state index in [4.69, 9.17) is 14.0 Å². The van der Waals surface area contributed by atoms with E-state index in [-0.39, 0.29) is 18.2 Å². The van der Waals surface area contributed by atoms with Crippen LogP contribution in [0.2, 0.25) is 0 Å². The summed E-state index contributed by atoms with van der Waals surface area (Å²) in [6, 6.07) is 4.95. The molecular formula is C12H18IO5P. The van der Waals surface area contributed by atoms with E-state index in [1.54, 1.807) is 25.1 Å². The van der Waals surface area contributed by atoms with Gasteiger partial charge in [0.1, 0.15) is 5.75 Å². The molecule has 0 saturated carbocycles. The van der Waals surface area contributed by atoms with Crippen LogP contribution in [0, 0.1) is 3.57 Å². The number of ether oxygens (including phenoxy) is 2. The molecule has 0 aliphatic heterocycles. The van der Waals surface area contributed by atoms with Gasteiger partial charge in [0.05, 0.1) is 15.0 Å². The minimum Gasteiger partial charge on any atom is -0.466 e. The summed E-state index contributed by atoms with van der Waals surface area (Å²) < 4.78 is 28.2. The highest BCUT2D eigenvalue weighted by molar-refractivity contribution is 14.1. The molecule has 0 amide bonds. The van der Waals surface area contributed by atoms with Gasteiger partial charge in [-0.25, -0.2) is 0 Å². The molecule has 1 rings (SSSR count). The maximum absolute atomic E-state index is 12.3. The molecule has 0 spiro atoms. The van der Waals surface area contributed by atoms with Gasteiger partial charge in [-0.3, -0.25) is 4.57 Å². The Morgan fingerprint density at radius 3 is 2.74 bits per heavy atom. The Hall–Kier alpha value is -0.140. The van der Waals surface area contributed by atoms with Crippen LogP contribution in [-0.4, -0.2) is 24.9 Å². The molecule has 0 fully saturated rings. The summed E-state index contributed by atoms with van der Waals surface area (Å²) >= 11 is 1.97. The Labute approximate surface area is 126 Å². The summed E-state index contributed by atoms with van der Waals surface area (Å²) in [7, 11) is -2.33. The largest absolute Gasteiger partial charge is 0.466 e. The van der Waals surface area contributed by atoms with Crippen LogP contribution in [0.5, 0.6) is 5.75 Å². The number of rotatable bonds is 7. The van der Waals surface area contributed by atoms with Crippen molar-refractivity contribution < 1.29 is 23.5 Å². The molecule has 0 saturated heterocycles. The van der Waals surface area contributed by atoms with Crippen molar-refractivity contribution >= 4 is 35.5 Å². The zero-order chi connectivity index (χ0) is 14.5. The summed E-state index contributed by atoms with van der Waals surface area (Å²) in [5.74, 6) is 0.502. The lowest BCUT2D eigenvalue weighted by Gasteiger charge is -2.19. The average Bonchev–Trinajstić information content (AvgIpc) is 2.36. The second-order valence-corrected chi connectivity index (χ2v) is 6.80. The van der Waals surface area contributed by atoms with Gasteiger partial charge in [0.2, 0.25) is 0 Å². The Morgan fingerprint density at radius 1 is 1.47 bits per heavy atom. The molecule has 108 valence electrons. The SMILES string of the molecule is CCC(C)OP(=O)(O)c1cccc(OCOC)c1I. The maximum atomic E-state index is 12.3. The molecule has 0 aliphatic carbocycles. The topological polar surface area (TPSA) is 65.0 Å². The van der Waals surface area contributed by atoms with Crippen LogP contribution in [0.25, 0.3) is 0 Å². The average molecular weight is 400 g/mol. The van der Waals surface area contributed by atoms with Crippen molar-refractivity contribution in [1.82, 2.24) is 0 Å².